The van der Waals surface area contributed by atoms with Crippen LogP contribution >= 0.6 is 0 Å². The van der Waals surface area contributed by atoms with Crippen molar-refractivity contribution in [2.24, 2.45) is 5.92 Å². The van der Waals surface area contributed by atoms with E-state index in [4.69, 9.17) is 9.47 Å². The number of carbonyl (C=O) groups excluding carboxylic acids is 1. The first-order valence-corrected chi connectivity index (χ1v) is 5.62. The summed E-state index contributed by atoms with van der Waals surface area (Å²) in [7, 11) is 1.43. The lowest BCUT2D eigenvalue weighted by molar-refractivity contribution is 0.0446. The van der Waals surface area contributed by atoms with Crippen molar-refractivity contribution in [3.8, 4) is 11.5 Å². The van der Waals surface area contributed by atoms with Gasteiger partial charge in [0.2, 0.25) is 0 Å². The maximum absolute atomic E-state index is 11.7. The molecule has 0 spiro atoms. The van der Waals surface area contributed by atoms with Crippen LogP contribution in [-0.2, 0) is 4.74 Å². The van der Waals surface area contributed by atoms with E-state index in [1.54, 1.807) is 0 Å². The number of benzene rings is 1. The smallest absolute Gasteiger partial charge is 0.338 e. The molecule has 0 saturated carbocycles. The van der Waals surface area contributed by atoms with E-state index in [0.29, 0.717) is 18.1 Å². The zero-order valence-corrected chi connectivity index (χ0v) is 10.4. The number of methoxy groups -OCH3 is 1. The Bertz CT molecular complexity index is 387. The fraction of sp³-hybridized carbons (Fsp3) is 0.462. The molecule has 1 rings (SSSR count). The molecule has 1 aromatic rings. The molecule has 17 heavy (non-hydrogen) atoms. The summed E-state index contributed by atoms with van der Waals surface area (Å²) in [5, 5.41) is 9.40. The highest BCUT2D eigenvalue weighted by Gasteiger charge is 2.12. The predicted molar refractivity (Wildman–Crippen MR) is 64.4 cm³/mol. The quantitative estimate of drug-likeness (QED) is 0.801. The summed E-state index contributed by atoms with van der Waals surface area (Å²) in [6, 6.07) is 4.39. The van der Waals surface area contributed by atoms with Crippen LogP contribution in [0.4, 0.5) is 0 Å². The molecule has 0 fully saturated rings. The van der Waals surface area contributed by atoms with Gasteiger partial charge >= 0.3 is 5.97 Å². The van der Waals surface area contributed by atoms with Crippen molar-refractivity contribution in [1.82, 2.24) is 0 Å². The molecular weight excluding hydrogens is 220 g/mol. The highest BCUT2D eigenvalue weighted by molar-refractivity contribution is 5.90. The second-order valence-electron chi connectivity index (χ2n) is 4.00. The molecule has 0 aliphatic rings. The molecule has 0 radical (unpaired) electrons. The Morgan fingerprint density at radius 2 is 2.18 bits per heavy atom. The van der Waals surface area contributed by atoms with Crippen molar-refractivity contribution in [2.45, 2.75) is 20.3 Å². The van der Waals surface area contributed by atoms with E-state index in [0.717, 1.165) is 6.42 Å². The van der Waals surface area contributed by atoms with Crippen LogP contribution in [0.2, 0.25) is 0 Å². The van der Waals surface area contributed by atoms with Gasteiger partial charge in [0.1, 0.15) is 0 Å². The molecule has 1 aromatic carbocycles. The summed E-state index contributed by atoms with van der Waals surface area (Å²) in [6.45, 7) is 4.46. The summed E-state index contributed by atoms with van der Waals surface area (Å²) in [5.41, 5.74) is 0.378. The minimum Gasteiger partial charge on any atom is -0.504 e. The van der Waals surface area contributed by atoms with Crippen molar-refractivity contribution >= 4 is 5.97 Å². The first-order valence-electron chi connectivity index (χ1n) is 5.62. The summed E-state index contributed by atoms with van der Waals surface area (Å²) in [6.07, 6.45) is 0.964. The van der Waals surface area contributed by atoms with E-state index >= 15 is 0 Å². The van der Waals surface area contributed by atoms with Crippen LogP contribution in [0.3, 0.4) is 0 Å². The van der Waals surface area contributed by atoms with Crippen LogP contribution in [0, 0.1) is 5.92 Å². The Kier molecular flexibility index (Phi) is 4.82. The summed E-state index contributed by atoms with van der Waals surface area (Å²) in [5.74, 6) is 0.218. The minimum absolute atomic E-state index is 0.00553. The number of carbonyl (C=O) groups is 1. The van der Waals surface area contributed by atoms with Crippen LogP contribution < -0.4 is 4.74 Å². The van der Waals surface area contributed by atoms with Crippen LogP contribution in [0.15, 0.2) is 18.2 Å². The van der Waals surface area contributed by atoms with Gasteiger partial charge in [-0.25, -0.2) is 4.79 Å². The van der Waals surface area contributed by atoms with Gasteiger partial charge in [0.05, 0.1) is 19.3 Å². The topological polar surface area (TPSA) is 55.8 Å². The number of phenolic OH excluding ortho intramolecular Hbond substituents is 1. The Balaban J connectivity index is 2.69. The second-order valence-corrected chi connectivity index (χ2v) is 4.00. The lowest BCUT2D eigenvalue weighted by atomic mass is 10.1. The Morgan fingerprint density at radius 3 is 2.76 bits per heavy atom. The molecule has 0 heterocycles. The van der Waals surface area contributed by atoms with E-state index in [1.165, 1.54) is 25.3 Å². The lowest BCUT2D eigenvalue weighted by Gasteiger charge is -2.10. The van der Waals surface area contributed by atoms with Crippen molar-refractivity contribution in [3.63, 3.8) is 0 Å². The number of hydrogen-bond donors (Lipinski definition) is 1. The van der Waals surface area contributed by atoms with Gasteiger partial charge in [-0.3, -0.25) is 0 Å². The van der Waals surface area contributed by atoms with Crippen molar-refractivity contribution in [1.29, 1.82) is 0 Å². The maximum atomic E-state index is 11.7. The number of esters is 1. The van der Waals surface area contributed by atoms with Gasteiger partial charge in [-0.2, -0.15) is 0 Å². The Morgan fingerprint density at radius 1 is 1.47 bits per heavy atom. The van der Waals surface area contributed by atoms with Crippen LogP contribution in [0.25, 0.3) is 0 Å². The number of phenols is 1. The predicted octanol–water partition coefficient (Wildman–Crippen LogP) is 2.60. The van der Waals surface area contributed by atoms with E-state index in [1.807, 2.05) is 13.8 Å². The molecule has 0 unspecified atom stereocenters. The maximum Gasteiger partial charge on any atom is 0.338 e. The molecule has 0 aliphatic carbocycles. The van der Waals surface area contributed by atoms with E-state index < -0.39 is 5.97 Å². The monoisotopic (exact) mass is 238 g/mol. The van der Waals surface area contributed by atoms with Crippen molar-refractivity contribution in [2.75, 3.05) is 13.7 Å². The van der Waals surface area contributed by atoms with Gasteiger partial charge in [-0.05, 0) is 24.1 Å². The van der Waals surface area contributed by atoms with Gasteiger partial charge in [0.25, 0.3) is 0 Å². The molecule has 0 saturated heterocycles. The van der Waals surface area contributed by atoms with Crippen LogP contribution in [0.5, 0.6) is 11.5 Å². The van der Waals surface area contributed by atoms with Gasteiger partial charge in [-0.1, -0.05) is 20.3 Å². The Hall–Kier alpha value is -1.71. The molecule has 4 heteroatoms. The van der Waals surface area contributed by atoms with Gasteiger partial charge in [-0.15, -0.1) is 0 Å². The lowest BCUT2D eigenvalue weighted by Crippen LogP contribution is -2.11. The van der Waals surface area contributed by atoms with Gasteiger partial charge in [0.15, 0.2) is 11.5 Å². The second kappa shape index (κ2) is 6.13. The number of aromatic hydroxyl groups is 1. The van der Waals surface area contributed by atoms with Crippen LogP contribution in [-0.4, -0.2) is 24.8 Å². The zero-order chi connectivity index (χ0) is 12.8. The van der Waals surface area contributed by atoms with E-state index in [-0.39, 0.29) is 11.5 Å². The zero-order valence-electron chi connectivity index (χ0n) is 10.4. The molecule has 4 nitrogen and oxygen atoms in total. The van der Waals surface area contributed by atoms with Crippen molar-refractivity contribution < 1.29 is 19.4 Å². The number of ether oxygens (including phenoxy) is 2. The third kappa shape index (κ3) is 3.66. The molecule has 1 N–H and O–H groups in total. The van der Waals surface area contributed by atoms with Crippen molar-refractivity contribution in [3.05, 3.63) is 23.8 Å². The standard InChI is InChI=1S/C13H18O4/c1-4-9(2)8-17-13(15)10-5-6-11(14)12(7-10)16-3/h5-7,9,14H,4,8H2,1-3H3/t9-/m1/s1. The molecule has 94 valence electrons. The van der Waals surface area contributed by atoms with Gasteiger partial charge in [0, 0.05) is 0 Å². The molecule has 0 bridgehead atoms. The summed E-state index contributed by atoms with van der Waals surface area (Å²) >= 11 is 0. The van der Waals surface area contributed by atoms with Crippen LogP contribution in [0.1, 0.15) is 30.6 Å². The van der Waals surface area contributed by atoms with Gasteiger partial charge < -0.3 is 14.6 Å². The highest BCUT2D eigenvalue weighted by Crippen LogP contribution is 2.26. The molecule has 0 aromatic heterocycles. The van der Waals surface area contributed by atoms with E-state index in [9.17, 15) is 9.90 Å². The molecule has 0 aliphatic heterocycles. The fourth-order valence-corrected chi connectivity index (χ4v) is 1.22. The molecule has 1 atom stereocenters. The Labute approximate surface area is 101 Å². The first kappa shape index (κ1) is 13.4. The average molecular weight is 238 g/mol. The summed E-state index contributed by atoms with van der Waals surface area (Å²) < 4.78 is 10.1. The number of hydrogen-bond acceptors (Lipinski definition) is 4. The SMILES string of the molecule is CC[C@@H](C)COC(=O)c1ccc(O)c(OC)c1. The summed E-state index contributed by atoms with van der Waals surface area (Å²) in [4.78, 5) is 11.7. The fourth-order valence-electron chi connectivity index (χ4n) is 1.22. The normalized spacial score (nSPS) is 11.9. The third-order valence-corrected chi connectivity index (χ3v) is 2.61. The molecular formula is C13H18O4. The largest absolute Gasteiger partial charge is 0.504 e. The average Bonchev–Trinajstić information content (AvgIpc) is 2.35. The third-order valence-electron chi connectivity index (χ3n) is 2.61. The molecule has 0 amide bonds. The number of rotatable bonds is 5. The van der Waals surface area contributed by atoms with E-state index in [2.05, 4.69) is 0 Å². The highest BCUT2D eigenvalue weighted by atomic mass is 16.5. The first-order chi connectivity index (χ1) is 8.08. The minimum atomic E-state index is -0.399.